The lowest BCUT2D eigenvalue weighted by atomic mass is 9.69. The van der Waals surface area contributed by atoms with E-state index in [0.717, 1.165) is 32.5 Å². The van der Waals surface area contributed by atoms with Crippen LogP contribution in [0.1, 0.15) is 23.3 Å². The van der Waals surface area contributed by atoms with Crippen LogP contribution in [0, 0.1) is 0 Å². The minimum absolute atomic E-state index is 0.0265. The fraction of sp³-hybridized carbons (Fsp3) is 0.474. The van der Waals surface area contributed by atoms with Gasteiger partial charge in [-0.2, -0.15) is 4.31 Å². The Kier molecular flexibility index (Phi) is 4.48. The number of hydrogen-bond acceptors (Lipinski definition) is 4. The van der Waals surface area contributed by atoms with E-state index in [1.54, 1.807) is 15.6 Å². The fourth-order valence-corrected chi connectivity index (χ4v) is 6.47. The summed E-state index contributed by atoms with van der Waals surface area (Å²) in [7, 11) is -3.20. The Bertz CT molecular complexity index is 820. The van der Waals surface area contributed by atoms with Crippen molar-refractivity contribution in [2.24, 2.45) is 0 Å². The zero-order valence-corrected chi connectivity index (χ0v) is 16.1. The van der Waals surface area contributed by atoms with Crippen molar-refractivity contribution >= 4 is 21.4 Å². The van der Waals surface area contributed by atoms with E-state index in [4.69, 9.17) is 0 Å². The molecular formula is C19H24N2O2S2. The van der Waals surface area contributed by atoms with Gasteiger partial charge in [0.1, 0.15) is 0 Å². The summed E-state index contributed by atoms with van der Waals surface area (Å²) in [5, 5.41) is 2.10. The average molecular weight is 377 g/mol. The lowest BCUT2D eigenvalue weighted by molar-refractivity contribution is 0.111. The molecule has 4 rings (SSSR count). The van der Waals surface area contributed by atoms with Crippen molar-refractivity contribution in [3.63, 3.8) is 0 Å². The maximum atomic E-state index is 12.4. The number of nitrogens with zero attached hydrogens (tertiary/aromatic N) is 2. The fourth-order valence-electron chi connectivity index (χ4n) is 4.57. The standard InChI is InChI=1S/C19H24N2O2S2/c1-25(22,23)21-12-10-19(16-6-3-2-4-7-16)9-11-20(15-18(19)21)14-17-8-5-13-24-17/h2-8,13,18H,9-12,14-15H2,1H3. The molecule has 6 heteroatoms. The van der Waals surface area contributed by atoms with Crippen molar-refractivity contribution in [1.82, 2.24) is 9.21 Å². The van der Waals surface area contributed by atoms with Crippen molar-refractivity contribution in [1.29, 1.82) is 0 Å². The molecule has 2 atom stereocenters. The van der Waals surface area contributed by atoms with Crippen molar-refractivity contribution < 1.29 is 8.42 Å². The highest BCUT2D eigenvalue weighted by Gasteiger charge is 2.53. The summed E-state index contributed by atoms with van der Waals surface area (Å²) in [6.45, 7) is 3.36. The van der Waals surface area contributed by atoms with Gasteiger partial charge in [-0.1, -0.05) is 36.4 Å². The number of hydrogen-bond donors (Lipinski definition) is 0. The van der Waals surface area contributed by atoms with Gasteiger partial charge in [0.25, 0.3) is 0 Å². The molecule has 1 aromatic heterocycles. The molecule has 4 nitrogen and oxygen atoms in total. The molecule has 0 radical (unpaired) electrons. The van der Waals surface area contributed by atoms with Gasteiger partial charge in [0.2, 0.25) is 10.0 Å². The molecule has 2 aliphatic heterocycles. The molecule has 0 saturated carbocycles. The molecular weight excluding hydrogens is 352 g/mol. The Hall–Kier alpha value is -1.21. The number of sulfonamides is 1. The molecule has 0 amide bonds. The molecule has 134 valence electrons. The van der Waals surface area contributed by atoms with E-state index in [0.29, 0.717) is 6.54 Å². The minimum Gasteiger partial charge on any atom is -0.297 e. The molecule has 2 aromatic rings. The second kappa shape index (κ2) is 6.50. The van der Waals surface area contributed by atoms with Gasteiger partial charge in [-0.15, -0.1) is 11.3 Å². The SMILES string of the molecule is CS(=O)(=O)N1CCC2(c3ccccc3)CCN(Cc3cccs3)CC12. The summed E-state index contributed by atoms with van der Waals surface area (Å²) < 4.78 is 26.5. The zero-order valence-electron chi connectivity index (χ0n) is 14.5. The molecule has 0 N–H and O–H groups in total. The summed E-state index contributed by atoms with van der Waals surface area (Å²) in [5.74, 6) is 0. The van der Waals surface area contributed by atoms with E-state index in [1.807, 2.05) is 6.07 Å². The van der Waals surface area contributed by atoms with E-state index in [1.165, 1.54) is 16.7 Å². The van der Waals surface area contributed by atoms with Gasteiger partial charge >= 0.3 is 0 Å². The van der Waals surface area contributed by atoms with Crippen LogP contribution in [0.15, 0.2) is 47.8 Å². The summed E-state index contributed by atoms with van der Waals surface area (Å²) in [4.78, 5) is 3.76. The predicted molar refractivity (Wildman–Crippen MR) is 102 cm³/mol. The molecule has 0 bridgehead atoms. The Morgan fingerprint density at radius 2 is 1.88 bits per heavy atom. The highest BCUT2D eigenvalue weighted by molar-refractivity contribution is 7.88. The van der Waals surface area contributed by atoms with E-state index in [-0.39, 0.29) is 11.5 Å². The second-order valence-corrected chi connectivity index (χ2v) is 10.2. The van der Waals surface area contributed by atoms with Crippen LogP contribution in [0.4, 0.5) is 0 Å². The summed E-state index contributed by atoms with van der Waals surface area (Å²) >= 11 is 1.77. The number of rotatable bonds is 4. The third-order valence-corrected chi connectivity index (χ3v) is 7.95. The van der Waals surface area contributed by atoms with E-state index >= 15 is 0 Å². The highest BCUT2D eigenvalue weighted by atomic mass is 32.2. The lowest BCUT2D eigenvalue weighted by Gasteiger charge is -2.46. The Balaban J connectivity index is 1.66. The van der Waals surface area contributed by atoms with Crippen molar-refractivity contribution in [3.05, 3.63) is 58.3 Å². The van der Waals surface area contributed by atoms with Gasteiger partial charge in [0.15, 0.2) is 0 Å². The number of thiophene rings is 1. The number of benzene rings is 1. The van der Waals surface area contributed by atoms with Gasteiger partial charge in [0.05, 0.1) is 6.26 Å². The van der Waals surface area contributed by atoms with Crippen molar-refractivity contribution in [2.75, 3.05) is 25.9 Å². The zero-order chi connectivity index (χ0) is 17.5. The molecule has 2 unspecified atom stereocenters. The molecule has 0 aliphatic carbocycles. The molecule has 25 heavy (non-hydrogen) atoms. The van der Waals surface area contributed by atoms with Gasteiger partial charge in [-0.3, -0.25) is 4.90 Å². The lowest BCUT2D eigenvalue weighted by Crippen LogP contribution is -2.56. The van der Waals surface area contributed by atoms with Crippen LogP contribution in [0.3, 0.4) is 0 Å². The first-order valence-corrected chi connectivity index (χ1v) is 11.5. The summed E-state index contributed by atoms with van der Waals surface area (Å²) in [6.07, 6.45) is 3.28. The van der Waals surface area contributed by atoms with Crippen molar-refractivity contribution in [2.45, 2.75) is 30.8 Å². The number of likely N-dealkylation sites (tertiary alicyclic amines) is 1. The van der Waals surface area contributed by atoms with Crippen LogP contribution < -0.4 is 0 Å². The van der Waals surface area contributed by atoms with Crippen LogP contribution in [-0.2, 0) is 22.0 Å². The number of piperidine rings is 1. The third kappa shape index (κ3) is 3.16. The highest BCUT2D eigenvalue weighted by Crippen LogP contribution is 2.46. The topological polar surface area (TPSA) is 40.6 Å². The predicted octanol–water partition coefficient (Wildman–Crippen LogP) is 2.93. The molecule has 2 aliphatic rings. The van der Waals surface area contributed by atoms with E-state index in [9.17, 15) is 8.42 Å². The molecule has 2 fully saturated rings. The maximum absolute atomic E-state index is 12.4. The normalized spacial score (nSPS) is 28.1. The van der Waals surface area contributed by atoms with Crippen LogP contribution in [-0.4, -0.2) is 49.6 Å². The van der Waals surface area contributed by atoms with Crippen LogP contribution >= 0.6 is 11.3 Å². The van der Waals surface area contributed by atoms with Gasteiger partial charge < -0.3 is 0 Å². The smallest absolute Gasteiger partial charge is 0.211 e. The quantitative estimate of drug-likeness (QED) is 0.824. The maximum Gasteiger partial charge on any atom is 0.211 e. The molecule has 1 aromatic carbocycles. The molecule has 3 heterocycles. The minimum atomic E-state index is -3.20. The van der Waals surface area contributed by atoms with E-state index < -0.39 is 10.0 Å². The monoisotopic (exact) mass is 376 g/mol. The first-order chi connectivity index (χ1) is 12.0. The Morgan fingerprint density at radius 1 is 1.12 bits per heavy atom. The van der Waals surface area contributed by atoms with Crippen molar-refractivity contribution in [3.8, 4) is 0 Å². The van der Waals surface area contributed by atoms with Crippen LogP contribution in [0.2, 0.25) is 0 Å². The first-order valence-electron chi connectivity index (χ1n) is 8.76. The largest absolute Gasteiger partial charge is 0.297 e. The van der Waals surface area contributed by atoms with Gasteiger partial charge in [0, 0.05) is 36.0 Å². The van der Waals surface area contributed by atoms with Gasteiger partial charge in [-0.25, -0.2) is 8.42 Å². The van der Waals surface area contributed by atoms with Crippen LogP contribution in [0.5, 0.6) is 0 Å². The van der Waals surface area contributed by atoms with Crippen LogP contribution in [0.25, 0.3) is 0 Å². The first kappa shape index (κ1) is 17.2. The van der Waals surface area contributed by atoms with Gasteiger partial charge in [-0.05, 0) is 36.4 Å². The average Bonchev–Trinajstić information content (AvgIpc) is 3.23. The molecule has 2 saturated heterocycles. The Morgan fingerprint density at radius 3 is 2.56 bits per heavy atom. The summed E-state index contributed by atoms with van der Waals surface area (Å²) in [5.41, 5.74) is 1.25. The Labute approximate surface area is 154 Å². The second-order valence-electron chi connectivity index (χ2n) is 7.23. The van der Waals surface area contributed by atoms with E-state index in [2.05, 4.69) is 46.7 Å². The third-order valence-electron chi connectivity index (χ3n) is 5.80. The number of fused-ring (bicyclic) bond motifs is 1. The molecule has 0 spiro atoms. The summed E-state index contributed by atoms with van der Waals surface area (Å²) in [6, 6.07) is 14.8.